The second-order valence-electron chi connectivity index (χ2n) is 6.10. The number of anilines is 1. The summed E-state index contributed by atoms with van der Waals surface area (Å²) in [6.45, 7) is 2.55. The normalized spacial score (nSPS) is 12.0. The van der Waals surface area contributed by atoms with Gasteiger partial charge in [-0.1, -0.05) is 24.3 Å². The molecule has 4 rings (SSSR count). The summed E-state index contributed by atoms with van der Waals surface area (Å²) in [6.07, 6.45) is 1.62. The number of carbonyl (C=O) groups is 1. The predicted octanol–water partition coefficient (Wildman–Crippen LogP) is 3.97. The molecular formula is C21H18N2O3. The fourth-order valence-corrected chi connectivity index (χ4v) is 2.86. The zero-order chi connectivity index (χ0) is 17.9. The molecule has 2 heterocycles. The summed E-state index contributed by atoms with van der Waals surface area (Å²) in [5.74, 6) is 1.34. The first-order chi connectivity index (χ1) is 12.7. The molecule has 3 aromatic rings. The monoisotopic (exact) mass is 346 g/mol. The van der Waals surface area contributed by atoms with Crippen molar-refractivity contribution in [2.45, 2.75) is 13.5 Å². The van der Waals surface area contributed by atoms with E-state index in [0.717, 1.165) is 22.7 Å². The van der Waals surface area contributed by atoms with E-state index in [-0.39, 0.29) is 12.7 Å². The maximum Gasteiger partial charge on any atom is 0.260 e. The van der Waals surface area contributed by atoms with Crippen LogP contribution in [-0.4, -0.2) is 17.7 Å². The second kappa shape index (κ2) is 6.88. The van der Waals surface area contributed by atoms with Crippen molar-refractivity contribution in [1.29, 1.82) is 0 Å². The number of rotatable bonds is 4. The zero-order valence-corrected chi connectivity index (χ0v) is 14.4. The minimum atomic E-state index is -0.0960. The Hall–Kier alpha value is -3.34. The number of ether oxygens (including phenoxy) is 2. The van der Waals surface area contributed by atoms with Crippen LogP contribution in [-0.2, 0) is 6.54 Å². The third kappa shape index (κ3) is 3.24. The molecule has 0 bridgehead atoms. The largest absolute Gasteiger partial charge is 0.454 e. The molecule has 0 unspecified atom stereocenters. The Bertz CT molecular complexity index is 924. The average Bonchev–Trinajstić information content (AvgIpc) is 3.15. The van der Waals surface area contributed by atoms with Gasteiger partial charge in [0.15, 0.2) is 11.5 Å². The van der Waals surface area contributed by atoms with Crippen molar-refractivity contribution in [1.82, 2.24) is 4.98 Å². The molecule has 5 nitrogen and oxygen atoms in total. The smallest absolute Gasteiger partial charge is 0.260 e. The number of aromatic nitrogens is 1. The highest BCUT2D eigenvalue weighted by Gasteiger charge is 2.20. The number of aryl methyl sites for hydroxylation is 1. The maximum absolute atomic E-state index is 13.1. The van der Waals surface area contributed by atoms with Crippen molar-refractivity contribution < 1.29 is 14.3 Å². The number of hydrogen-bond donors (Lipinski definition) is 0. The second-order valence-corrected chi connectivity index (χ2v) is 6.10. The van der Waals surface area contributed by atoms with Crippen LogP contribution in [0.5, 0.6) is 11.5 Å². The van der Waals surface area contributed by atoms with Gasteiger partial charge >= 0.3 is 0 Å². The van der Waals surface area contributed by atoms with Gasteiger partial charge < -0.3 is 14.4 Å². The van der Waals surface area contributed by atoms with Crippen molar-refractivity contribution in [3.8, 4) is 11.5 Å². The third-order valence-corrected chi connectivity index (χ3v) is 4.25. The Balaban J connectivity index is 1.67. The highest BCUT2D eigenvalue weighted by Crippen LogP contribution is 2.33. The summed E-state index contributed by atoms with van der Waals surface area (Å²) in [5.41, 5.74) is 3.23. The average molecular weight is 346 g/mol. The molecule has 26 heavy (non-hydrogen) atoms. The zero-order valence-electron chi connectivity index (χ0n) is 14.4. The van der Waals surface area contributed by atoms with E-state index >= 15 is 0 Å². The molecule has 0 saturated heterocycles. The van der Waals surface area contributed by atoms with Gasteiger partial charge in [-0.3, -0.25) is 9.78 Å². The fourth-order valence-electron chi connectivity index (χ4n) is 2.86. The topological polar surface area (TPSA) is 51.7 Å². The van der Waals surface area contributed by atoms with Crippen LogP contribution < -0.4 is 14.4 Å². The van der Waals surface area contributed by atoms with Crippen molar-refractivity contribution in [2.24, 2.45) is 0 Å². The maximum atomic E-state index is 13.1. The van der Waals surface area contributed by atoms with Crippen LogP contribution in [0.25, 0.3) is 0 Å². The first kappa shape index (κ1) is 16.1. The van der Waals surface area contributed by atoms with Gasteiger partial charge in [0.05, 0.1) is 12.1 Å². The van der Waals surface area contributed by atoms with Gasteiger partial charge in [-0.15, -0.1) is 0 Å². The van der Waals surface area contributed by atoms with E-state index in [1.54, 1.807) is 17.2 Å². The van der Waals surface area contributed by atoms with Crippen LogP contribution in [0.2, 0.25) is 0 Å². The van der Waals surface area contributed by atoms with Crippen LogP contribution >= 0.6 is 0 Å². The summed E-state index contributed by atoms with van der Waals surface area (Å²) < 4.78 is 10.8. The van der Waals surface area contributed by atoms with Crippen LogP contribution in [0.15, 0.2) is 66.9 Å². The van der Waals surface area contributed by atoms with Gasteiger partial charge in [0.1, 0.15) is 0 Å². The summed E-state index contributed by atoms with van der Waals surface area (Å²) in [5, 5.41) is 0. The molecule has 0 saturated carbocycles. The molecule has 5 heteroatoms. The van der Waals surface area contributed by atoms with Crippen LogP contribution in [0.3, 0.4) is 0 Å². The van der Waals surface area contributed by atoms with Gasteiger partial charge in [-0.05, 0) is 48.9 Å². The Kier molecular flexibility index (Phi) is 4.27. The molecule has 1 aromatic heterocycles. The Morgan fingerprint density at radius 3 is 2.62 bits per heavy atom. The molecule has 2 aromatic carbocycles. The molecule has 1 aliphatic rings. The Morgan fingerprint density at radius 2 is 1.85 bits per heavy atom. The Morgan fingerprint density at radius 1 is 1.04 bits per heavy atom. The SMILES string of the molecule is Cc1ccc(C(=O)N(Cc2ccc3c(c2)OCO3)c2ccccc2)cn1. The first-order valence-electron chi connectivity index (χ1n) is 8.39. The third-order valence-electron chi connectivity index (χ3n) is 4.25. The molecule has 130 valence electrons. The van der Waals surface area contributed by atoms with Gasteiger partial charge in [0.25, 0.3) is 5.91 Å². The van der Waals surface area contributed by atoms with Gasteiger partial charge in [0.2, 0.25) is 6.79 Å². The van der Waals surface area contributed by atoms with Crippen molar-refractivity contribution in [2.75, 3.05) is 11.7 Å². The minimum Gasteiger partial charge on any atom is -0.454 e. The van der Waals surface area contributed by atoms with E-state index in [2.05, 4.69) is 4.98 Å². The highest BCUT2D eigenvalue weighted by molar-refractivity contribution is 6.05. The predicted molar refractivity (Wildman–Crippen MR) is 98.5 cm³/mol. The molecule has 0 N–H and O–H groups in total. The summed E-state index contributed by atoms with van der Waals surface area (Å²) >= 11 is 0. The molecule has 0 radical (unpaired) electrons. The lowest BCUT2D eigenvalue weighted by atomic mass is 10.1. The lowest BCUT2D eigenvalue weighted by molar-refractivity contribution is 0.0984. The number of nitrogens with zero attached hydrogens (tertiary/aromatic N) is 2. The summed E-state index contributed by atoms with van der Waals surface area (Å²) in [4.78, 5) is 19.1. The Labute approximate surface area is 151 Å². The number of amides is 1. The number of hydrogen-bond acceptors (Lipinski definition) is 4. The van der Waals surface area contributed by atoms with Crippen molar-refractivity contribution in [3.05, 3.63) is 83.7 Å². The lowest BCUT2D eigenvalue weighted by Crippen LogP contribution is -2.30. The van der Waals surface area contributed by atoms with Gasteiger partial charge in [0, 0.05) is 17.6 Å². The van der Waals surface area contributed by atoms with E-state index in [1.807, 2.05) is 61.5 Å². The standard InChI is InChI=1S/C21H18N2O3/c1-15-7-9-17(12-22-15)21(24)23(18-5-3-2-4-6-18)13-16-8-10-19-20(11-16)26-14-25-19/h2-12H,13-14H2,1H3. The quantitative estimate of drug-likeness (QED) is 0.717. The van der Waals surface area contributed by atoms with Crippen LogP contribution in [0.4, 0.5) is 5.69 Å². The molecule has 0 atom stereocenters. The molecule has 0 aliphatic carbocycles. The molecular weight excluding hydrogens is 328 g/mol. The number of carbonyl (C=O) groups excluding carboxylic acids is 1. The molecule has 0 fully saturated rings. The van der Waals surface area contributed by atoms with Gasteiger partial charge in [-0.25, -0.2) is 0 Å². The van der Waals surface area contributed by atoms with Gasteiger partial charge in [-0.2, -0.15) is 0 Å². The lowest BCUT2D eigenvalue weighted by Gasteiger charge is -2.23. The summed E-state index contributed by atoms with van der Waals surface area (Å²) in [6, 6.07) is 19.0. The number of para-hydroxylation sites is 1. The van der Waals surface area contributed by atoms with E-state index in [4.69, 9.17) is 9.47 Å². The molecule has 1 aliphatic heterocycles. The van der Waals surface area contributed by atoms with Crippen LogP contribution in [0.1, 0.15) is 21.6 Å². The van der Waals surface area contributed by atoms with E-state index in [0.29, 0.717) is 17.9 Å². The highest BCUT2D eigenvalue weighted by atomic mass is 16.7. The number of pyridine rings is 1. The summed E-state index contributed by atoms with van der Waals surface area (Å²) in [7, 11) is 0. The number of benzene rings is 2. The van der Waals surface area contributed by atoms with Crippen molar-refractivity contribution in [3.63, 3.8) is 0 Å². The van der Waals surface area contributed by atoms with Crippen molar-refractivity contribution >= 4 is 11.6 Å². The fraction of sp³-hybridized carbons (Fsp3) is 0.143. The van der Waals surface area contributed by atoms with E-state index in [1.165, 1.54) is 0 Å². The van der Waals surface area contributed by atoms with Crippen LogP contribution in [0, 0.1) is 6.92 Å². The first-order valence-corrected chi connectivity index (χ1v) is 8.39. The van der Waals surface area contributed by atoms with E-state index in [9.17, 15) is 4.79 Å². The molecule has 1 amide bonds. The number of fused-ring (bicyclic) bond motifs is 1. The minimum absolute atomic E-state index is 0.0960. The van der Waals surface area contributed by atoms with E-state index < -0.39 is 0 Å². The molecule has 0 spiro atoms.